The van der Waals surface area contributed by atoms with Gasteiger partial charge in [0.1, 0.15) is 23.0 Å². The predicted molar refractivity (Wildman–Crippen MR) is 111 cm³/mol. The number of rotatable bonds is 4. The number of ether oxygens (including phenoxy) is 1. The number of fused-ring (bicyclic) bond motifs is 1. The molecule has 0 bridgehead atoms. The van der Waals surface area contributed by atoms with E-state index in [9.17, 15) is 4.79 Å². The summed E-state index contributed by atoms with van der Waals surface area (Å²) in [5.41, 5.74) is 5.21. The van der Waals surface area contributed by atoms with Crippen LogP contribution in [0.15, 0.2) is 59.7 Å². The van der Waals surface area contributed by atoms with E-state index in [0.29, 0.717) is 12.1 Å². The zero-order chi connectivity index (χ0) is 19.7. The second-order valence-electron chi connectivity index (χ2n) is 6.58. The zero-order valence-electron chi connectivity index (χ0n) is 15.5. The first kappa shape index (κ1) is 18.2. The van der Waals surface area contributed by atoms with Crippen molar-refractivity contribution in [2.45, 2.75) is 20.5 Å². The molecule has 4 aromatic rings. The van der Waals surface area contributed by atoms with Gasteiger partial charge in [0.25, 0.3) is 5.56 Å². The van der Waals surface area contributed by atoms with E-state index in [1.165, 1.54) is 6.33 Å². The van der Waals surface area contributed by atoms with Crippen LogP contribution >= 0.6 is 11.6 Å². The molecule has 0 aliphatic rings. The van der Waals surface area contributed by atoms with Gasteiger partial charge in [0.05, 0.1) is 6.33 Å². The number of aryl methyl sites for hydroxylation is 1. The fourth-order valence-electron chi connectivity index (χ4n) is 3.34. The maximum Gasteiger partial charge on any atom is 0.277 e. The van der Waals surface area contributed by atoms with Crippen LogP contribution in [0.1, 0.15) is 16.7 Å². The Kier molecular flexibility index (Phi) is 4.84. The Bertz CT molecular complexity index is 1220. The Hall–Kier alpha value is -3.18. The monoisotopic (exact) mass is 391 g/mol. The third-order valence-electron chi connectivity index (χ3n) is 4.70. The molecule has 2 heterocycles. The van der Waals surface area contributed by atoms with Crippen molar-refractivity contribution in [1.82, 2.24) is 15.0 Å². The first-order chi connectivity index (χ1) is 13.5. The number of aromatic nitrogens is 3. The molecule has 28 heavy (non-hydrogen) atoms. The minimum Gasteiger partial charge on any atom is -0.489 e. The van der Waals surface area contributed by atoms with Gasteiger partial charge in [0.15, 0.2) is 5.52 Å². The number of pyridine rings is 1. The highest BCUT2D eigenvalue weighted by atomic mass is 35.5. The molecule has 0 radical (unpaired) electrons. The van der Waals surface area contributed by atoms with Crippen molar-refractivity contribution in [2.24, 2.45) is 0 Å². The minimum atomic E-state index is -0.319. The zero-order valence-corrected chi connectivity index (χ0v) is 16.2. The van der Waals surface area contributed by atoms with E-state index in [1.54, 1.807) is 6.07 Å². The summed E-state index contributed by atoms with van der Waals surface area (Å²) >= 11 is 6.21. The molecule has 0 fully saturated rings. The summed E-state index contributed by atoms with van der Waals surface area (Å²) in [5.74, 6) is 0.773. The largest absolute Gasteiger partial charge is 0.489 e. The molecule has 2 aromatic heterocycles. The van der Waals surface area contributed by atoms with E-state index in [-0.39, 0.29) is 16.2 Å². The number of nitrogens with zero attached hydrogens (tertiary/aromatic N) is 2. The molecular weight excluding hydrogens is 374 g/mol. The maximum atomic E-state index is 12.2. The van der Waals surface area contributed by atoms with Gasteiger partial charge in [0.2, 0.25) is 0 Å². The van der Waals surface area contributed by atoms with Crippen LogP contribution < -0.4 is 10.3 Å². The highest BCUT2D eigenvalue weighted by molar-refractivity contribution is 6.30. The van der Waals surface area contributed by atoms with Crippen LogP contribution in [0.2, 0.25) is 5.15 Å². The second-order valence-corrected chi connectivity index (χ2v) is 6.96. The van der Waals surface area contributed by atoms with Crippen LogP contribution in [0.3, 0.4) is 0 Å². The van der Waals surface area contributed by atoms with Crippen LogP contribution in [0.25, 0.3) is 22.2 Å². The van der Waals surface area contributed by atoms with E-state index in [1.807, 2.05) is 56.3 Å². The van der Waals surface area contributed by atoms with E-state index >= 15 is 0 Å². The SMILES string of the molecule is Cc1ccc(OCc2ccccc2)c(C)c1-c1cc(Cl)nc2c(=O)[nH]cnc12. The molecule has 0 atom stereocenters. The van der Waals surface area contributed by atoms with Crippen molar-refractivity contribution in [3.63, 3.8) is 0 Å². The van der Waals surface area contributed by atoms with Gasteiger partial charge in [-0.25, -0.2) is 9.97 Å². The summed E-state index contributed by atoms with van der Waals surface area (Å²) < 4.78 is 6.07. The highest BCUT2D eigenvalue weighted by Gasteiger charge is 2.17. The first-order valence-electron chi connectivity index (χ1n) is 8.86. The normalized spacial score (nSPS) is 11.0. The molecule has 140 valence electrons. The van der Waals surface area contributed by atoms with Gasteiger partial charge < -0.3 is 9.72 Å². The lowest BCUT2D eigenvalue weighted by Gasteiger charge is -2.16. The van der Waals surface area contributed by atoms with Gasteiger partial charge in [0, 0.05) is 5.56 Å². The molecule has 5 nitrogen and oxygen atoms in total. The summed E-state index contributed by atoms with van der Waals surface area (Å²) in [7, 11) is 0. The maximum absolute atomic E-state index is 12.2. The number of aromatic amines is 1. The number of H-pyrrole nitrogens is 1. The average molecular weight is 392 g/mol. The number of nitrogens with one attached hydrogen (secondary N) is 1. The van der Waals surface area contributed by atoms with Gasteiger partial charge >= 0.3 is 0 Å². The summed E-state index contributed by atoms with van der Waals surface area (Å²) in [6, 6.07) is 15.7. The van der Waals surface area contributed by atoms with E-state index < -0.39 is 0 Å². The number of halogens is 1. The van der Waals surface area contributed by atoms with Crippen LogP contribution in [0.5, 0.6) is 5.75 Å². The second kappa shape index (κ2) is 7.44. The molecule has 0 saturated carbocycles. The Morgan fingerprint density at radius 2 is 1.86 bits per heavy atom. The van der Waals surface area contributed by atoms with Crippen molar-refractivity contribution in [3.05, 3.63) is 87.1 Å². The third-order valence-corrected chi connectivity index (χ3v) is 4.89. The molecule has 6 heteroatoms. The topological polar surface area (TPSA) is 67.9 Å². The molecule has 0 saturated heterocycles. The summed E-state index contributed by atoms with van der Waals surface area (Å²) in [6.07, 6.45) is 1.38. The van der Waals surface area contributed by atoms with Crippen molar-refractivity contribution >= 4 is 22.6 Å². The number of hydrogen-bond acceptors (Lipinski definition) is 4. The Balaban J connectivity index is 1.84. The lowest BCUT2D eigenvalue weighted by Crippen LogP contribution is -2.09. The average Bonchev–Trinajstić information content (AvgIpc) is 2.69. The third kappa shape index (κ3) is 3.37. The van der Waals surface area contributed by atoms with Crippen LogP contribution in [0, 0.1) is 13.8 Å². The van der Waals surface area contributed by atoms with Crippen molar-refractivity contribution < 1.29 is 4.74 Å². The van der Waals surface area contributed by atoms with Gasteiger partial charge in [-0.05, 0) is 48.2 Å². The van der Waals surface area contributed by atoms with Gasteiger partial charge in [-0.15, -0.1) is 0 Å². The first-order valence-corrected chi connectivity index (χ1v) is 9.23. The number of benzene rings is 2. The van der Waals surface area contributed by atoms with Crippen molar-refractivity contribution in [3.8, 4) is 16.9 Å². The Morgan fingerprint density at radius 3 is 2.64 bits per heavy atom. The summed E-state index contributed by atoms with van der Waals surface area (Å²) in [5, 5.41) is 0.246. The molecule has 2 aromatic carbocycles. The van der Waals surface area contributed by atoms with Crippen LogP contribution in [0.4, 0.5) is 0 Å². The molecule has 1 N–H and O–H groups in total. The van der Waals surface area contributed by atoms with E-state index in [2.05, 4.69) is 15.0 Å². The van der Waals surface area contributed by atoms with Crippen LogP contribution in [-0.2, 0) is 6.61 Å². The molecule has 0 spiro atoms. The molecule has 0 aliphatic carbocycles. The van der Waals surface area contributed by atoms with Crippen molar-refractivity contribution in [1.29, 1.82) is 0 Å². The molecule has 0 amide bonds. The Morgan fingerprint density at radius 1 is 1.07 bits per heavy atom. The highest BCUT2D eigenvalue weighted by Crippen LogP contribution is 2.36. The van der Waals surface area contributed by atoms with Gasteiger partial charge in [-0.3, -0.25) is 4.79 Å². The van der Waals surface area contributed by atoms with Gasteiger partial charge in [-0.2, -0.15) is 0 Å². The lowest BCUT2D eigenvalue weighted by molar-refractivity contribution is 0.304. The molecule has 0 unspecified atom stereocenters. The standard InChI is InChI=1S/C22H18ClN3O2/c1-13-8-9-17(28-11-15-6-4-3-5-7-15)14(2)19(13)16-10-18(23)26-21-20(16)24-12-25-22(21)27/h3-10,12H,11H2,1-2H3,(H,24,25,27). The van der Waals surface area contributed by atoms with Crippen molar-refractivity contribution in [2.75, 3.05) is 0 Å². The lowest BCUT2D eigenvalue weighted by atomic mass is 9.94. The fourth-order valence-corrected chi connectivity index (χ4v) is 3.54. The molecular formula is C22H18ClN3O2. The number of hydrogen-bond donors (Lipinski definition) is 1. The van der Waals surface area contributed by atoms with Crippen LogP contribution in [-0.4, -0.2) is 15.0 Å². The quantitative estimate of drug-likeness (QED) is 0.506. The molecule has 0 aliphatic heterocycles. The van der Waals surface area contributed by atoms with Gasteiger partial charge in [-0.1, -0.05) is 48.0 Å². The smallest absolute Gasteiger partial charge is 0.277 e. The molecule has 4 rings (SSSR count). The predicted octanol–water partition coefficient (Wildman–Crippen LogP) is 4.83. The van der Waals surface area contributed by atoms with E-state index in [4.69, 9.17) is 16.3 Å². The Labute approximate surface area is 167 Å². The van der Waals surface area contributed by atoms with E-state index in [0.717, 1.165) is 33.6 Å². The minimum absolute atomic E-state index is 0.222. The fraction of sp³-hybridized carbons (Fsp3) is 0.136. The summed E-state index contributed by atoms with van der Waals surface area (Å²) in [4.78, 5) is 23.2. The summed E-state index contributed by atoms with van der Waals surface area (Å²) in [6.45, 7) is 4.48.